The average Bonchev–Trinajstić information content (AvgIpc) is 1.57. The van der Waals surface area contributed by atoms with Crippen molar-refractivity contribution in [2.45, 2.75) is 39.4 Å². The monoisotopic (exact) mass is 90.1 g/mol. The van der Waals surface area contributed by atoms with E-state index < -0.39 is 12.7 Å². The first-order valence-electron chi connectivity index (χ1n) is 4.21. The minimum Gasteiger partial charge on any atom is -0.0654 e. The van der Waals surface area contributed by atoms with Gasteiger partial charge in [0.1, 0.15) is 0 Å². The molecule has 0 aromatic heterocycles. The predicted octanol–water partition coefficient (Wildman–Crippen LogP) is 2.59. The van der Waals surface area contributed by atoms with Gasteiger partial charge in [0.15, 0.2) is 0 Å². The predicted molar refractivity (Wildman–Crippen MR) is 29.8 cm³/mol. The van der Waals surface area contributed by atoms with Gasteiger partial charge in [-0.25, -0.2) is 0 Å². The van der Waals surface area contributed by atoms with E-state index in [1.807, 2.05) is 0 Å². The Morgan fingerprint density at radius 3 is 1.67 bits per heavy atom. The van der Waals surface area contributed by atoms with E-state index in [4.69, 9.17) is 5.48 Å². The molecule has 0 rings (SSSR count). The van der Waals surface area contributed by atoms with Gasteiger partial charge >= 0.3 is 0 Å². The largest absolute Gasteiger partial charge is 0.0654 e. The van der Waals surface area contributed by atoms with Gasteiger partial charge in [-0.3, -0.25) is 0 Å². The van der Waals surface area contributed by atoms with Crippen molar-refractivity contribution in [1.29, 1.82) is 0 Å². The van der Waals surface area contributed by atoms with E-state index in [0.717, 1.165) is 0 Å². The quantitative estimate of drug-likeness (QED) is 0.499. The summed E-state index contributed by atoms with van der Waals surface area (Å²) in [6.07, 6.45) is -1.89. The molecule has 0 heterocycles. The topological polar surface area (TPSA) is 0 Å². The third-order valence-electron chi connectivity index (χ3n) is 0.625. The first-order valence-corrected chi connectivity index (χ1v) is 2.21. The van der Waals surface area contributed by atoms with Crippen molar-refractivity contribution in [1.82, 2.24) is 0 Å². The van der Waals surface area contributed by atoms with E-state index in [-0.39, 0.29) is 12.8 Å². The fourth-order valence-electron chi connectivity index (χ4n) is 0.250. The molecule has 0 heteroatoms. The zero-order valence-electron chi connectivity index (χ0n) is 8.41. The van der Waals surface area contributed by atoms with E-state index in [0.29, 0.717) is 0 Å². The summed E-state index contributed by atoms with van der Waals surface area (Å²) in [7, 11) is 0. The van der Waals surface area contributed by atoms with Gasteiger partial charge in [-0.2, -0.15) is 0 Å². The Morgan fingerprint density at radius 2 is 1.50 bits per heavy atom. The van der Waals surface area contributed by atoms with Gasteiger partial charge in [0, 0.05) is 5.48 Å². The SMILES string of the molecule is [2H]C([2H])(C)CCC([2H])([2H])C. The van der Waals surface area contributed by atoms with Crippen LogP contribution >= 0.6 is 0 Å². The molecule has 0 aliphatic heterocycles. The Morgan fingerprint density at radius 1 is 1.17 bits per heavy atom. The zero-order valence-corrected chi connectivity index (χ0v) is 4.41. The Kier molecular flexibility index (Phi) is 1.54. The Bertz CT molecular complexity index is 83.3. The molecule has 0 saturated heterocycles. The molecule has 38 valence electrons. The van der Waals surface area contributed by atoms with Crippen LogP contribution in [0.4, 0.5) is 0 Å². The third-order valence-corrected chi connectivity index (χ3v) is 0.625. The Hall–Kier alpha value is 0. The smallest absolute Gasteiger partial charge is 0.0264 e. The lowest BCUT2D eigenvalue weighted by Crippen LogP contribution is -1.66. The van der Waals surface area contributed by atoms with Crippen LogP contribution in [0.2, 0.25) is 0 Å². The standard InChI is InChI=1S/C6H14/c1-3-5-6-4-2/h3-6H2,1-2H3/i3D2,4D2. The summed E-state index contributed by atoms with van der Waals surface area (Å²) in [6.45, 7) is 2.94. The summed E-state index contributed by atoms with van der Waals surface area (Å²) >= 11 is 0. The lowest BCUT2D eigenvalue weighted by Gasteiger charge is -1.86. The number of rotatable bonds is 3. The zero-order chi connectivity index (χ0) is 8.41. The molecule has 0 saturated carbocycles. The average molecular weight is 90.2 g/mol. The molecule has 0 N–H and O–H groups in total. The van der Waals surface area contributed by atoms with Crippen LogP contribution in [0.25, 0.3) is 0 Å². The van der Waals surface area contributed by atoms with Gasteiger partial charge < -0.3 is 0 Å². The second kappa shape index (κ2) is 5.00. The molecule has 0 spiro atoms. The summed E-state index contributed by atoms with van der Waals surface area (Å²) in [5.41, 5.74) is 0. The van der Waals surface area contributed by atoms with Crippen molar-refractivity contribution in [2.75, 3.05) is 0 Å². The minimum absolute atomic E-state index is 0.288. The van der Waals surface area contributed by atoms with Crippen LogP contribution in [-0.4, -0.2) is 0 Å². The molecule has 0 unspecified atom stereocenters. The Balaban J connectivity index is 3.56. The molecular formula is C6H14. The highest BCUT2D eigenvalue weighted by Crippen LogP contribution is 1.95. The van der Waals surface area contributed by atoms with E-state index in [1.165, 1.54) is 13.8 Å². The van der Waals surface area contributed by atoms with Crippen molar-refractivity contribution in [2.24, 2.45) is 0 Å². The molecule has 0 radical (unpaired) electrons. The second-order valence-electron chi connectivity index (χ2n) is 1.21. The molecule has 0 aliphatic carbocycles. The number of hydrogen-bond acceptors (Lipinski definition) is 0. The summed E-state index contributed by atoms with van der Waals surface area (Å²) < 4.78 is 28.4. The first-order chi connectivity index (χ1) is 4.21. The van der Waals surface area contributed by atoms with Crippen molar-refractivity contribution in [3.63, 3.8) is 0 Å². The normalized spacial score (nSPS) is 23.7. The van der Waals surface area contributed by atoms with E-state index in [9.17, 15) is 0 Å². The molecule has 0 bridgehead atoms. The molecule has 6 heavy (non-hydrogen) atoms. The van der Waals surface area contributed by atoms with E-state index in [2.05, 4.69) is 0 Å². The van der Waals surface area contributed by atoms with Gasteiger partial charge in [0.2, 0.25) is 0 Å². The van der Waals surface area contributed by atoms with Gasteiger partial charge in [0.05, 0.1) is 0 Å². The molecule has 0 aliphatic rings. The molecule has 0 aromatic carbocycles. The highest BCUT2D eigenvalue weighted by molar-refractivity contribution is 4.31. The van der Waals surface area contributed by atoms with Crippen LogP contribution in [0.1, 0.15) is 44.9 Å². The van der Waals surface area contributed by atoms with Gasteiger partial charge in [0.25, 0.3) is 0 Å². The molecule has 0 aromatic rings. The summed E-state index contributed by atoms with van der Waals surface area (Å²) in [4.78, 5) is 0. The maximum atomic E-state index is 7.11. The van der Waals surface area contributed by atoms with Crippen molar-refractivity contribution in [3.8, 4) is 0 Å². The highest BCUT2D eigenvalue weighted by Gasteiger charge is 1.75. The van der Waals surface area contributed by atoms with Crippen molar-refractivity contribution in [3.05, 3.63) is 0 Å². The molecule has 0 nitrogen and oxygen atoms in total. The lowest BCUT2D eigenvalue weighted by atomic mass is 10.2. The van der Waals surface area contributed by atoms with Gasteiger partial charge in [-0.1, -0.05) is 39.4 Å². The Labute approximate surface area is 46.2 Å². The van der Waals surface area contributed by atoms with Crippen molar-refractivity contribution >= 4 is 0 Å². The second-order valence-corrected chi connectivity index (χ2v) is 1.21. The molecule has 0 atom stereocenters. The first kappa shape index (κ1) is 1.85. The summed E-state index contributed by atoms with van der Waals surface area (Å²) in [5, 5.41) is 0. The van der Waals surface area contributed by atoms with Gasteiger partial charge in [-0.05, 0) is 0 Å². The number of hydrogen-bond donors (Lipinski definition) is 0. The maximum absolute atomic E-state index is 7.11. The van der Waals surface area contributed by atoms with Crippen LogP contribution in [0.3, 0.4) is 0 Å². The fourth-order valence-corrected chi connectivity index (χ4v) is 0.250. The minimum atomic E-state index is -1.23. The molecule has 0 amide bonds. The highest BCUT2D eigenvalue weighted by atomic mass is 13.8. The summed E-state index contributed by atoms with van der Waals surface area (Å²) in [6, 6.07) is 0. The molecular weight excluding hydrogens is 72.1 g/mol. The van der Waals surface area contributed by atoms with Crippen LogP contribution in [0.5, 0.6) is 0 Å². The summed E-state index contributed by atoms with van der Waals surface area (Å²) in [5.74, 6) is 0. The molecule has 0 fully saturated rings. The fraction of sp³-hybridized carbons (Fsp3) is 1.00. The van der Waals surface area contributed by atoms with Crippen LogP contribution in [0.15, 0.2) is 0 Å². The third kappa shape index (κ3) is 4.00. The van der Waals surface area contributed by atoms with E-state index in [1.54, 1.807) is 0 Å². The van der Waals surface area contributed by atoms with Crippen LogP contribution < -0.4 is 0 Å². The van der Waals surface area contributed by atoms with Crippen LogP contribution in [0, 0.1) is 0 Å². The van der Waals surface area contributed by atoms with E-state index >= 15 is 0 Å². The van der Waals surface area contributed by atoms with Crippen LogP contribution in [-0.2, 0) is 0 Å². The lowest BCUT2D eigenvalue weighted by molar-refractivity contribution is 0.702. The maximum Gasteiger partial charge on any atom is 0.0264 e. The van der Waals surface area contributed by atoms with Gasteiger partial charge in [-0.15, -0.1) is 0 Å². The van der Waals surface area contributed by atoms with Crippen molar-refractivity contribution < 1.29 is 5.48 Å².